The molecule has 0 aromatic heterocycles. The van der Waals surface area contributed by atoms with Crippen molar-refractivity contribution >= 4 is 38.6 Å². The van der Waals surface area contributed by atoms with E-state index < -0.39 is 0 Å². The van der Waals surface area contributed by atoms with Gasteiger partial charge in [0.05, 0.1) is 0 Å². The molecule has 63 heavy (non-hydrogen) atoms. The summed E-state index contributed by atoms with van der Waals surface area (Å²) in [5.74, 6) is 0. The molecular weight excluding hydrogens is 759 g/mol. The van der Waals surface area contributed by atoms with Crippen LogP contribution < -0.4 is 4.90 Å². The van der Waals surface area contributed by atoms with Crippen molar-refractivity contribution in [2.24, 2.45) is 0 Å². The first-order valence-electron chi connectivity index (χ1n) is 21.7. The van der Waals surface area contributed by atoms with Gasteiger partial charge in [0.15, 0.2) is 0 Å². The third-order valence-electron chi connectivity index (χ3n) is 12.3. The molecule has 0 atom stereocenters. The van der Waals surface area contributed by atoms with E-state index in [9.17, 15) is 0 Å². The van der Waals surface area contributed by atoms with Gasteiger partial charge in [-0.15, -0.1) is 0 Å². The molecule has 0 aliphatic carbocycles. The van der Waals surface area contributed by atoms with Crippen molar-refractivity contribution in [2.45, 2.75) is 0 Å². The molecule has 0 saturated carbocycles. The van der Waals surface area contributed by atoms with Crippen LogP contribution in [-0.4, -0.2) is 0 Å². The monoisotopic (exact) mass is 801 g/mol. The maximum Gasteiger partial charge on any atom is 0.0462 e. The number of benzene rings is 11. The minimum absolute atomic E-state index is 1.09. The molecule has 1 heteroatoms. The van der Waals surface area contributed by atoms with E-state index in [-0.39, 0.29) is 0 Å². The van der Waals surface area contributed by atoms with E-state index >= 15 is 0 Å². The van der Waals surface area contributed by atoms with Crippen LogP contribution in [0.2, 0.25) is 0 Å². The fraction of sp³-hybridized carbons (Fsp3) is 0. The van der Waals surface area contributed by atoms with Crippen LogP contribution in [0.4, 0.5) is 17.1 Å². The Bertz CT molecular complexity index is 3340. The van der Waals surface area contributed by atoms with E-state index in [1.54, 1.807) is 0 Å². The number of hydrogen-bond acceptors (Lipinski definition) is 1. The molecule has 0 unspecified atom stereocenters. The lowest BCUT2D eigenvalue weighted by Gasteiger charge is -2.26. The second kappa shape index (κ2) is 16.7. The van der Waals surface area contributed by atoms with E-state index in [4.69, 9.17) is 0 Å². The third kappa shape index (κ3) is 7.47. The molecule has 11 aromatic carbocycles. The first-order chi connectivity index (χ1) is 31.2. The minimum Gasteiger partial charge on any atom is -0.311 e. The van der Waals surface area contributed by atoms with Crippen LogP contribution >= 0.6 is 0 Å². The Labute approximate surface area is 369 Å². The molecule has 0 aliphatic rings. The van der Waals surface area contributed by atoms with Crippen LogP contribution in [0, 0.1) is 0 Å². The molecule has 11 aromatic rings. The second-order valence-corrected chi connectivity index (χ2v) is 16.1. The zero-order valence-corrected chi connectivity index (χ0v) is 34.8. The molecule has 1 nitrogen and oxygen atoms in total. The largest absolute Gasteiger partial charge is 0.311 e. The summed E-state index contributed by atoms with van der Waals surface area (Å²) in [6.07, 6.45) is 0. The van der Waals surface area contributed by atoms with E-state index in [1.165, 1.54) is 88.3 Å². The van der Waals surface area contributed by atoms with Gasteiger partial charge in [0.2, 0.25) is 0 Å². The van der Waals surface area contributed by atoms with Gasteiger partial charge in [-0.25, -0.2) is 0 Å². The van der Waals surface area contributed by atoms with Crippen LogP contribution in [-0.2, 0) is 0 Å². The summed E-state index contributed by atoms with van der Waals surface area (Å²) in [6.45, 7) is 0. The Morgan fingerprint density at radius 3 is 1.21 bits per heavy atom. The van der Waals surface area contributed by atoms with Gasteiger partial charge in [-0.05, 0) is 143 Å². The summed E-state index contributed by atoms with van der Waals surface area (Å²) < 4.78 is 0. The van der Waals surface area contributed by atoms with Crippen LogP contribution in [0.15, 0.2) is 261 Å². The fourth-order valence-electron chi connectivity index (χ4n) is 9.10. The van der Waals surface area contributed by atoms with Gasteiger partial charge in [0.1, 0.15) is 0 Å². The van der Waals surface area contributed by atoms with Crippen molar-refractivity contribution < 1.29 is 0 Å². The lowest BCUT2D eigenvalue weighted by Crippen LogP contribution is -2.09. The Morgan fingerprint density at radius 1 is 0.190 bits per heavy atom. The molecule has 0 amide bonds. The zero-order chi connectivity index (χ0) is 42.0. The first kappa shape index (κ1) is 37.7. The Kier molecular flexibility index (Phi) is 9.97. The van der Waals surface area contributed by atoms with Crippen molar-refractivity contribution in [3.05, 3.63) is 261 Å². The van der Waals surface area contributed by atoms with Gasteiger partial charge >= 0.3 is 0 Å². The summed E-state index contributed by atoms with van der Waals surface area (Å²) in [7, 11) is 0. The lowest BCUT2D eigenvalue weighted by molar-refractivity contribution is 1.28. The molecule has 0 saturated heterocycles. The smallest absolute Gasteiger partial charge is 0.0462 e. The highest BCUT2D eigenvalue weighted by atomic mass is 15.1. The Balaban J connectivity index is 0.970. The van der Waals surface area contributed by atoms with Crippen LogP contribution in [0.5, 0.6) is 0 Å². The molecular formula is C62H43N. The number of fused-ring (bicyclic) bond motifs is 3. The summed E-state index contributed by atoms with van der Waals surface area (Å²) in [5.41, 5.74) is 17.7. The zero-order valence-electron chi connectivity index (χ0n) is 34.8. The molecule has 296 valence electrons. The molecule has 0 spiro atoms. The van der Waals surface area contributed by atoms with Crippen LogP contribution in [0.1, 0.15) is 0 Å². The molecule has 11 rings (SSSR count). The average molecular weight is 802 g/mol. The van der Waals surface area contributed by atoms with Crippen molar-refractivity contribution in [1.29, 1.82) is 0 Å². The Hall–Kier alpha value is -8.26. The van der Waals surface area contributed by atoms with E-state index in [2.05, 4.69) is 266 Å². The molecule has 0 aliphatic heterocycles. The highest BCUT2D eigenvalue weighted by Gasteiger charge is 2.16. The minimum atomic E-state index is 1.09. The number of hydrogen-bond donors (Lipinski definition) is 0. The highest BCUT2D eigenvalue weighted by molar-refractivity contribution is 6.13. The maximum absolute atomic E-state index is 2.36. The predicted molar refractivity (Wildman–Crippen MR) is 269 cm³/mol. The normalized spacial score (nSPS) is 11.2. The van der Waals surface area contributed by atoms with Crippen LogP contribution in [0.3, 0.4) is 0 Å². The second-order valence-electron chi connectivity index (χ2n) is 16.1. The number of anilines is 3. The highest BCUT2D eigenvalue weighted by Crippen LogP contribution is 2.41. The summed E-state index contributed by atoms with van der Waals surface area (Å²) in [6, 6.07) is 94.5. The predicted octanol–water partition coefficient (Wildman–Crippen LogP) is 17.5. The van der Waals surface area contributed by atoms with Crippen molar-refractivity contribution in [3.63, 3.8) is 0 Å². The summed E-state index contributed by atoms with van der Waals surface area (Å²) >= 11 is 0. The maximum atomic E-state index is 2.36. The van der Waals surface area contributed by atoms with Gasteiger partial charge in [-0.3, -0.25) is 0 Å². The first-order valence-corrected chi connectivity index (χ1v) is 21.7. The van der Waals surface area contributed by atoms with Crippen molar-refractivity contribution in [2.75, 3.05) is 4.90 Å². The Morgan fingerprint density at radius 2 is 0.587 bits per heavy atom. The van der Waals surface area contributed by atoms with E-state index in [0.717, 1.165) is 17.1 Å². The van der Waals surface area contributed by atoms with Crippen LogP contribution in [0.25, 0.3) is 88.3 Å². The lowest BCUT2D eigenvalue weighted by atomic mass is 9.90. The van der Waals surface area contributed by atoms with Gasteiger partial charge in [-0.1, -0.05) is 206 Å². The fourth-order valence-corrected chi connectivity index (χ4v) is 9.10. The van der Waals surface area contributed by atoms with Crippen molar-refractivity contribution in [1.82, 2.24) is 0 Å². The average Bonchev–Trinajstić information content (AvgIpc) is 3.37. The topological polar surface area (TPSA) is 3.24 Å². The molecule has 0 N–H and O–H groups in total. The van der Waals surface area contributed by atoms with Gasteiger partial charge < -0.3 is 4.90 Å². The molecule has 0 bridgehead atoms. The quantitative estimate of drug-likeness (QED) is 0.131. The molecule has 0 radical (unpaired) electrons. The SMILES string of the molecule is c1ccc(-c2ccc(N(c3ccc(-c4cccc(-c5cc(-c6ccccc6)ccc5-c5ccccc5)c4)cc3)c3ccc(-c4cc5ccccc5c5ccccc45)cc3)cc2)cc1. The molecule has 0 fully saturated rings. The van der Waals surface area contributed by atoms with E-state index in [0.29, 0.717) is 0 Å². The van der Waals surface area contributed by atoms with E-state index in [1.807, 2.05) is 0 Å². The third-order valence-corrected chi connectivity index (χ3v) is 12.3. The summed E-state index contributed by atoms with van der Waals surface area (Å²) in [4.78, 5) is 2.36. The molecule has 0 heterocycles. The number of nitrogens with zero attached hydrogens (tertiary/aromatic N) is 1. The number of rotatable bonds is 9. The standard InChI is InChI=1S/C62H43N/c1-4-15-44(16-5-1)46-27-34-54(35-28-46)63(56-38-31-49(32-39-56)61-43-53-21-10-11-24-57(53)59-25-12-13-26-60(59)61)55-36-29-47(30-37-55)50-22-14-23-52(41-50)62-42-51(45-17-6-2-7-18-45)33-40-58(62)48-19-8-3-9-20-48/h1-43H. The van der Waals surface area contributed by atoms with Crippen molar-refractivity contribution in [3.8, 4) is 66.8 Å². The van der Waals surface area contributed by atoms with Gasteiger partial charge in [0.25, 0.3) is 0 Å². The van der Waals surface area contributed by atoms with Gasteiger partial charge in [-0.2, -0.15) is 0 Å². The van der Waals surface area contributed by atoms with Gasteiger partial charge in [0, 0.05) is 17.1 Å². The summed E-state index contributed by atoms with van der Waals surface area (Å²) in [5, 5.41) is 5.07.